The Balaban J connectivity index is 1.48. The molecular weight excluding hydrogens is 635 g/mol. The average Bonchev–Trinajstić information content (AvgIpc) is 3.65. The van der Waals surface area contributed by atoms with Gasteiger partial charge in [-0.15, -0.1) is 0 Å². The van der Waals surface area contributed by atoms with E-state index in [1.165, 1.54) is 0 Å². The Morgan fingerprint density at radius 3 is 2.10 bits per heavy atom. The van der Waals surface area contributed by atoms with E-state index >= 15 is 0 Å². The van der Waals surface area contributed by atoms with Crippen LogP contribution < -0.4 is 16.0 Å². The van der Waals surface area contributed by atoms with Crippen LogP contribution in [-0.2, 0) is 36.7 Å². The first kappa shape index (κ1) is 37.2. The molecule has 0 fully saturated rings. The predicted octanol–water partition coefficient (Wildman–Crippen LogP) is 2.67. The molecule has 7 N–H and O–H groups in total. The Labute approximate surface area is 284 Å². The van der Waals surface area contributed by atoms with E-state index in [2.05, 4.69) is 25.9 Å². The number of aromatic nitrogens is 2. The summed E-state index contributed by atoms with van der Waals surface area (Å²) in [6, 6.07) is 7.78. The fourth-order valence-electron chi connectivity index (χ4n) is 5.56. The highest BCUT2D eigenvalue weighted by Gasteiger charge is 2.28. The molecule has 4 aromatic rings. The van der Waals surface area contributed by atoms with Crippen molar-refractivity contribution in [3.05, 3.63) is 59.9 Å². The summed E-state index contributed by atoms with van der Waals surface area (Å²) in [5.74, 6) is -1.21. The molecule has 0 aliphatic rings. The normalized spacial score (nSPS) is 12.7. The lowest BCUT2D eigenvalue weighted by Crippen LogP contribution is -2.54. The number of nitrogens with one attached hydrogen (secondary N) is 5. The van der Waals surface area contributed by atoms with Gasteiger partial charge in [0.05, 0.1) is 32.8 Å². The van der Waals surface area contributed by atoms with E-state index in [-0.39, 0.29) is 63.2 Å². The number of hydrogen-bond donors (Lipinski definition) is 7. The van der Waals surface area contributed by atoms with Gasteiger partial charge in [-0.2, -0.15) is 0 Å². The van der Waals surface area contributed by atoms with E-state index in [4.69, 9.17) is 9.47 Å². The summed E-state index contributed by atoms with van der Waals surface area (Å²) in [5, 5.41) is 30.0. The second-order valence-corrected chi connectivity index (χ2v) is 12.2. The summed E-state index contributed by atoms with van der Waals surface area (Å²) in [6.45, 7) is 1.17. The summed E-state index contributed by atoms with van der Waals surface area (Å²) in [7, 11) is 3.93. The van der Waals surface area contributed by atoms with Gasteiger partial charge < -0.3 is 50.5 Å². The molecular formula is C35H47FN6O7. The number of hydrogen-bond acceptors (Lipinski definition) is 8. The van der Waals surface area contributed by atoms with Crippen LogP contribution in [0.3, 0.4) is 0 Å². The second kappa shape index (κ2) is 18.8. The maximum absolute atomic E-state index is 13.9. The predicted molar refractivity (Wildman–Crippen MR) is 184 cm³/mol. The number of aromatic amines is 2. The maximum Gasteiger partial charge on any atom is 0.243 e. The number of fused-ring (bicyclic) bond motifs is 2. The van der Waals surface area contributed by atoms with Gasteiger partial charge in [0.2, 0.25) is 17.7 Å². The molecule has 49 heavy (non-hydrogen) atoms. The molecule has 2 atom stereocenters. The van der Waals surface area contributed by atoms with Gasteiger partial charge in [0, 0.05) is 47.2 Å². The van der Waals surface area contributed by atoms with Crippen molar-refractivity contribution in [2.24, 2.45) is 0 Å². The highest BCUT2D eigenvalue weighted by Crippen LogP contribution is 2.25. The monoisotopic (exact) mass is 682 g/mol. The van der Waals surface area contributed by atoms with Crippen LogP contribution in [0.25, 0.3) is 21.8 Å². The number of H-pyrrole nitrogens is 2. The molecule has 266 valence electrons. The number of carbonyl (C=O) groups excluding carboxylic acids is 3. The molecule has 0 aliphatic carbocycles. The van der Waals surface area contributed by atoms with Gasteiger partial charge in [-0.1, -0.05) is 0 Å². The number of benzene rings is 2. The summed E-state index contributed by atoms with van der Waals surface area (Å²) < 4.78 is 22.6. The zero-order chi connectivity index (χ0) is 35.2. The van der Waals surface area contributed by atoms with Crippen molar-refractivity contribution in [1.29, 1.82) is 0 Å². The average molecular weight is 683 g/mol. The van der Waals surface area contributed by atoms with Crippen molar-refractivity contribution in [2.45, 2.75) is 44.2 Å². The first-order chi connectivity index (χ1) is 23.6. The summed E-state index contributed by atoms with van der Waals surface area (Å²) in [4.78, 5) is 49.0. The molecule has 0 unspecified atom stereocenters. The first-order valence-electron chi connectivity index (χ1n) is 16.5. The number of unbranched alkanes of at least 4 members (excludes halogenated alkanes) is 1. The molecule has 3 amide bonds. The molecule has 13 nitrogen and oxygen atoms in total. The highest BCUT2D eigenvalue weighted by atomic mass is 19.1. The van der Waals surface area contributed by atoms with Crippen molar-refractivity contribution >= 4 is 39.5 Å². The summed E-state index contributed by atoms with van der Waals surface area (Å²) in [6.07, 6.45) is 5.31. The zero-order valence-electron chi connectivity index (χ0n) is 28.0. The number of rotatable bonds is 21. The Hall–Kier alpha value is -4.66. The minimum absolute atomic E-state index is 0.00705. The summed E-state index contributed by atoms with van der Waals surface area (Å²) >= 11 is 0. The number of ether oxygens (including phenoxy) is 2. The molecule has 0 bridgehead atoms. The highest BCUT2D eigenvalue weighted by molar-refractivity contribution is 5.95. The van der Waals surface area contributed by atoms with Gasteiger partial charge in [-0.25, -0.2) is 4.39 Å². The number of amides is 3. The molecule has 2 aromatic carbocycles. The van der Waals surface area contributed by atoms with Crippen LogP contribution in [0, 0.1) is 0 Å². The van der Waals surface area contributed by atoms with Crippen molar-refractivity contribution in [1.82, 2.24) is 30.8 Å². The first-order valence-corrected chi connectivity index (χ1v) is 16.5. The lowest BCUT2D eigenvalue weighted by Gasteiger charge is -2.23. The number of phenolic OH excluding ortho intramolecular Hbond substituents is 2. The van der Waals surface area contributed by atoms with E-state index in [9.17, 15) is 29.0 Å². The Morgan fingerprint density at radius 2 is 1.45 bits per heavy atom. The molecule has 0 saturated carbocycles. The maximum atomic E-state index is 13.9. The molecule has 0 saturated heterocycles. The van der Waals surface area contributed by atoms with Crippen LogP contribution in [0.15, 0.2) is 48.8 Å². The topological polar surface area (TPSA) is 181 Å². The van der Waals surface area contributed by atoms with E-state index < -0.39 is 30.6 Å². The minimum atomic E-state index is -1.06. The van der Waals surface area contributed by atoms with Crippen molar-refractivity contribution in [3.8, 4) is 11.5 Å². The molecule has 2 aromatic heterocycles. The number of halogens is 1. The van der Waals surface area contributed by atoms with E-state index in [1.54, 1.807) is 48.8 Å². The summed E-state index contributed by atoms with van der Waals surface area (Å²) in [5.41, 5.74) is 2.86. The Kier molecular flexibility index (Phi) is 14.2. The van der Waals surface area contributed by atoms with Crippen LogP contribution in [-0.4, -0.2) is 115 Å². The van der Waals surface area contributed by atoms with E-state index in [0.717, 1.165) is 24.0 Å². The van der Waals surface area contributed by atoms with E-state index in [0.29, 0.717) is 34.7 Å². The standard InChI is InChI=1S/C35H47FN6O7/c1-42(2)12-4-3-5-31(34(46)37-11-14-49-16-15-48-13-10-36)41-35(47)32(17-23-21-38-29-8-6-25(43)19-27(23)29)40-33(45)18-24-22-39-30-9-7-26(44)20-28(24)30/h6-9,19-22,31-32,38-39,43-44H,3-5,10-18H2,1-2H3,(H,37,46)(H,40,45)(H,41,47)/t31-,32-/m0/s1. The van der Waals surface area contributed by atoms with Crippen LogP contribution in [0.1, 0.15) is 30.4 Å². The molecule has 4 rings (SSSR count). The molecule has 14 heteroatoms. The van der Waals surface area contributed by atoms with Gasteiger partial charge in [-0.05, 0) is 87.4 Å². The number of aromatic hydroxyl groups is 2. The lowest BCUT2D eigenvalue weighted by atomic mass is 10.0. The molecule has 0 spiro atoms. The molecule has 0 radical (unpaired) electrons. The largest absolute Gasteiger partial charge is 0.508 e. The lowest BCUT2D eigenvalue weighted by molar-refractivity contribution is -0.132. The fraction of sp³-hybridized carbons (Fsp3) is 0.457. The van der Waals surface area contributed by atoms with Crippen molar-refractivity contribution in [3.63, 3.8) is 0 Å². The van der Waals surface area contributed by atoms with Gasteiger partial charge >= 0.3 is 0 Å². The third-order valence-corrected chi connectivity index (χ3v) is 8.05. The van der Waals surface area contributed by atoms with Gasteiger partial charge in [0.1, 0.15) is 30.3 Å². The molecule has 0 aliphatic heterocycles. The van der Waals surface area contributed by atoms with Crippen LogP contribution in [0.2, 0.25) is 0 Å². The number of alkyl halides is 1. The van der Waals surface area contributed by atoms with Gasteiger partial charge in [0.15, 0.2) is 0 Å². The van der Waals surface area contributed by atoms with Crippen LogP contribution in [0.5, 0.6) is 11.5 Å². The third kappa shape index (κ3) is 11.5. The van der Waals surface area contributed by atoms with Crippen molar-refractivity contribution < 1.29 is 38.5 Å². The zero-order valence-corrected chi connectivity index (χ0v) is 28.0. The van der Waals surface area contributed by atoms with E-state index in [1.807, 2.05) is 19.0 Å². The second-order valence-electron chi connectivity index (χ2n) is 12.2. The Morgan fingerprint density at radius 1 is 0.816 bits per heavy atom. The minimum Gasteiger partial charge on any atom is -0.508 e. The quantitative estimate of drug-likeness (QED) is 0.0656. The SMILES string of the molecule is CN(C)CCCC[C@H](NC(=O)[C@H](Cc1c[nH]c2ccc(O)cc12)NC(=O)Cc1c[nH]c2ccc(O)cc12)C(=O)NCCOCCOCCF. The number of nitrogens with zero attached hydrogens (tertiary/aromatic N) is 1. The van der Waals surface area contributed by atoms with Gasteiger partial charge in [-0.3, -0.25) is 14.4 Å². The number of carbonyl (C=O) groups is 3. The number of phenols is 2. The van der Waals surface area contributed by atoms with Gasteiger partial charge in [0.25, 0.3) is 0 Å². The Bertz CT molecular complexity index is 1670. The van der Waals surface area contributed by atoms with Crippen LogP contribution in [0.4, 0.5) is 4.39 Å². The van der Waals surface area contributed by atoms with Crippen LogP contribution >= 0.6 is 0 Å². The third-order valence-electron chi connectivity index (χ3n) is 8.05. The molecule has 2 heterocycles. The smallest absolute Gasteiger partial charge is 0.243 e. The van der Waals surface area contributed by atoms with Crippen molar-refractivity contribution in [2.75, 3.05) is 60.3 Å². The fourth-order valence-corrected chi connectivity index (χ4v) is 5.56.